The second-order valence-corrected chi connectivity index (χ2v) is 6.14. The van der Waals surface area contributed by atoms with Crippen molar-refractivity contribution in [3.05, 3.63) is 0 Å². The highest BCUT2D eigenvalue weighted by molar-refractivity contribution is 5.69. The Balaban J connectivity index is 1.84. The Hall–Kier alpha value is -0.610. The molecule has 1 rings (SSSR count). The van der Waals surface area contributed by atoms with E-state index < -0.39 is 0 Å². The molecule has 1 N–H and O–H groups in total. The summed E-state index contributed by atoms with van der Waals surface area (Å²) in [6.45, 7) is 3.82. The molecule has 0 radical (unpaired) electrons. The maximum Gasteiger partial charge on any atom is 0.306 e. The second kappa shape index (κ2) is 11.0. The molecule has 0 aromatic carbocycles. The van der Waals surface area contributed by atoms with Crippen LogP contribution in [0.3, 0.4) is 0 Å². The Morgan fingerprint density at radius 3 is 2.33 bits per heavy atom. The van der Waals surface area contributed by atoms with Crippen molar-refractivity contribution in [3.63, 3.8) is 0 Å². The van der Waals surface area contributed by atoms with Gasteiger partial charge in [0.05, 0.1) is 18.8 Å². The molecule has 0 bridgehead atoms. The average Bonchev–Trinajstić information content (AvgIpc) is 3.21. The van der Waals surface area contributed by atoms with Gasteiger partial charge in [0.25, 0.3) is 0 Å². The van der Waals surface area contributed by atoms with Crippen LogP contribution in [0.15, 0.2) is 0 Å². The van der Waals surface area contributed by atoms with Crippen molar-refractivity contribution >= 4 is 5.97 Å². The SMILES string of the molecule is CCCCCC1OC1CCCCCCC(=O)OC(C)CO. The Kier molecular flexibility index (Phi) is 9.68. The molecule has 3 unspecified atom stereocenters. The molecule has 1 aliphatic heterocycles. The van der Waals surface area contributed by atoms with E-state index in [1.807, 2.05) is 0 Å². The molecule has 124 valence electrons. The average molecular weight is 300 g/mol. The van der Waals surface area contributed by atoms with Gasteiger partial charge in [0.2, 0.25) is 0 Å². The van der Waals surface area contributed by atoms with Crippen molar-refractivity contribution < 1.29 is 19.4 Å². The largest absolute Gasteiger partial charge is 0.460 e. The summed E-state index contributed by atoms with van der Waals surface area (Å²) in [6, 6.07) is 0. The van der Waals surface area contributed by atoms with Gasteiger partial charge in [-0.05, 0) is 26.2 Å². The monoisotopic (exact) mass is 300 g/mol. The zero-order chi connectivity index (χ0) is 15.5. The van der Waals surface area contributed by atoms with Crippen molar-refractivity contribution in [2.45, 2.75) is 96.4 Å². The number of carbonyl (C=O) groups is 1. The molecule has 0 aliphatic carbocycles. The minimum atomic E-state index is -0.380. The van der Waals surface area contributed by atoms with Gasteiger partial charge in [0.15, 0.2) is 0 Å². The van der Waals surface area contributed by atoms with Gasteiger partial charge in [0, 0.05) is 6.42 Å². The van der Waals surface area contributed by atoms with Crippen molar-refractivity contribution in [1.82, 2.24) is 0 Å². The van der Waals surface area contributed by atoms with E-state index in [0.29, 0.717) is 18.6 Å². The fraction of sp³-hybridized carbons (Fsp3) is 0.941. The second-order valence-electron chi connectivity index (χ2n) is 6.14. The number of hydrogen-bond donors (Lipinski definition) is 1. The third-order valence-corrected chi connectivity index (χ3v) is 3.99. The summed E-state index contributed by atoms with van der Waals surface area (Å²) < 4.78 is 10.7. The van der Waals surface area contributed by atoms with Crippen LogP contribution in [0.4, 0.5) is 0 Å². The van der Waals surface area contributed by atoms with Crippen LogP contribution < -0.4 is 0 Å². The standard InChI is InChI=1S/C17H32O4/c1-3-4-7-10-15-16(21-15)11-8-5-6-9-12-17(19)20-14(2)13-18/h14-16,18H,3-13H2,1-2H3. The van der Waals surface area contributed by atoms with E-state index in [2.05, 4.69) is 6.92 Å². The molecule has 0 spiro atoms. The maximum atomic E-state index is 11.4. The van der Waals surface area contributed by atoms with Gasteiger partial charge in [-0.1, -0.05) is 45.4 Å². The number of ether oxygens (including phenoxy) is 2. The van der Waals surface area contributed by atoms with Crippen LogP contribution in [0.5, 0.6) is 0 Å². The van der Waals surface area contributed by atoms with Crippen LogP contribution in [-0.4, -0.2) is 36.0 Å². The Labute approximate surface area is 129 Å². The summed E-state index contributed by atoms with van der Waals surface area (Å²) in [7, 11) is 0. The summed E-state index contributed by atoms with van der Waals surface area (Å²) in [5.41, 5.74) is 0. The fourth-order valence-electron chi connectivity index (χ4n) is 2.57. The zero-order valence-corrected chi connectivity index (χ0v) is 13.7. The van der Waals surface area contributed by atoms with Crippen LogP contribution in [0.25, 0.3) is 0 Å². The summed E-state index contributed by atoms with van der Waals surface area (Å²) in [4.78, 5) is 11.4. The molecule has 21 heavy (non-hydrogen) atoms. The van der Waals surface area contributed by atoms with Crippen molar-refractivity contribution in [2.24, 2.45) is 0 Å². The first-order chi connectivity index (χ1) is 10.2. The van der Waals surface area contributed by atoms with Gasteiger partial charge in [-0.15, -0.1) is 0 Å². The smallest absolute Gasteiger partial charge is 0.306 e. The van der Waals surface area contributed by atoms with Crippen molar-refractivity contribution in [1.29, 1.82) is 0 Å². The number of carbonyl (C=O) groups excluding carboxylic acids is 1. The van der Waals surface area contributed by atoms with Gasteiger partial charge in [0.1, 0.15) is 6.10 Å². The first kappa shape index (κ1) is 18.4. The van der Waals surface area contributed by atoms with Crippen molar-refractivity contribution in [2.75, 3.05) is 6.61 Å². The minimum Gasteiger partial charge on any atom is -0.460 e. The highest BCUT2D eigenvalue weighted by atomic mass is 16.6. The van der Waals surface area contributed by atoms with Gasteiger partial charge in [-0.3, -0.25) is 4.79 Å². The topological polar surface area (TPSA) is 59.1 Å². The molecule has 0 saturated carbocycles. The highest BCUT2D eigenvalue weighted by Gasteiger charge is 2.36. The van der Waals surface area contributed by atoms with Crippen LogP contribution in [0.2, 0.25) is 0 Å². The molecule has 0 amide bonds. The predicted octanol–water partition coefficient (Wildman–Crippen LogP) is 3.60. The summed E-state index contributed by atoms with van der Waals surface area (Å²) in [5.74, 6) is -0.196. The third-order valence-electron chi connectivity index (χ3n) is 3.99. The highest BCUT2D eigenvalue weighted by Crippen LogP contribution is 2.31. The quantitative estimate of drug-likeness (QED) is 0.321. The van der Waals surface area contributed by atoms with Crippen LogP contribution >= 0.6 is 0 Å². The van der Waals surface area contributed by atoms with Crippen molar-refractivity contribution in [3.8, 4) is 0 Å². The van der Waals surface area contributed by atoms with Crippen LogP contribution in [-0.2, 0) is 14.3 Å². The molecule has 1 heterocycles. The van der Waals surface area contributed by atoms with E-state index in [-0.39, 0.29) is 18.7 Å². The molecule has 3 atom stereocenters. The number of epoxide rings is 1. The Bertz CT molecular complexity index is 280. The van der Waals surface area contributed by atoms with Crippen LogP contribution in [0.1, 0.15) is 78.1 Å². The van der Waals surface area contributed by atoms with E-state index in [1.54, 1.807) is 6.92 Å². The molecule has 4 nitrogen and oxygen atoms in total. The number of hydrogen-bond acceptors (Lipinski definition) is 4. The number of esters is 1. The van der Waals surface area contributed by atoms with Gasteiger partial charge < -0.3 is 14.6 Å². The van der Waals surface area contributed by atoms with E-state index in [9.17, 15) is 4.79 Å². The Morgan fingerprint density at radius 1 is 1.10 bits per heavy atom. The van der Waals surface area contributed by atoms with E-state index in [1.165, 1.54) is 38.5 Å². The first-order valence-electron chi connectivity index (χ1n) is 8.63. The summed E-state index contributed by atoms with van der Waals surface area (Å²) in [6.07, 6.45) is 11.7. The molecule has 1 fully saturated rings. The van der Waals surface area contributed by atoms with E-state index in [4.69, 9.17) is 14.6 Å². The molecular formula is C17H32O4. The van der Waals surface area contributed by atoms with Gasteiger partial charge >= 0.3 is 5.97 Å². The maximum absolute atomic E-state index is 11.4. The molecule has 1 saturated heterocycles. The number of aliphatic hydroxyl groups is 1. The normalized spacial score (nSPS) is 22.0. The lowest BCUT2D eigenvalue weighted by Crippen LogP contribution is -2.18. The van der Waals surface area contributed by atoms with Gasteiger partial charge in [-0.2, -0.15) is 0 Å². The third kappa shape index (κ3) is 9.10. The lowest BCUT2D eigenvalue weighted by molar-refractivity contribution is -0.150. The lowest BCUT2D eigenvalue weighted by Gasteiger charge is -2.09. The van der Waals surface area contributed by atoms with E-state index >= 15 is 0 Å². The number of aliphatic hydroxyl groups excluding tert-OH is 1. The zero-order valence-electron chi connectivity index (χ0n) is 13.7. The minimum absolute atomic E-state index is 0.105. The number of rotatable bonds is 13. The predicted molar refractivity (Wildman–Crippen MR) is 83.1 cm³/mol. The number of unbranched alkanes of at least 4 members (excludes halogenated alkanes) is 5. The molecule has 0 aromatic heterocycles. The Morgan fingerprint density at radius 2 is 1.71 bits per heavy atom. The summed E-state index contributed by atoms with van der Waals surface area (Å²) >= 11 is 0. The molecule has 4 heteroatoms. The molecule has 1 aliphatic rings. The van der Waals surface area contributed by atoms with E-state index in [0.717, 1.165) is 19.3 Å². The first-order valence-corrected chi connectivity index (χ1v) is 8.63. The fourth-order valence-corrected chi connectivity index (χ4v) is 2.57. The van der Waals surface area contributed by atoms with Gasteiger partial charge in [-0.25, -0.2) is 0 Å². The lowest BCUT2D eigenvalue weighted by atomic mass is 10.1. The summed E-state index contributed by atoms with van der Waals surface area (Å²) in [5, 5.41) is 8.78. The molecular weight excluding hydrogens is 268 g/mol. The molecule has 0 aromatic rings. The van der Waals surface area contributed by atoms with Crippen LogP contribution in [0, 0.1) is 0 Å².